The van der Waals surface area contributed by atoms with Crippen LogP contribution >= 0.6 is 0 Å². The Kier molecular flexibility index (Phi) is 2.56. The van der Waals surface area contributed by atoms with Gasteiger partial charge in [0, 0.05) is 6.07 Å². The molecular weight excluding hydrogens is 219 g/mol. The molecule has 0 unspecified atom stereocenters. The number of aromatic nitrogens is 2. The summed E-state index contributed by atoms with van der Waals surface area (Å²) in [5.74, 6) is 2.63. The van der Waals surface area contributed by atoms with Crippen LogP contribution in [0.1, 0.15) is 5.56 Å². The minimum absolute atomic E-state index is 0.289. The molecule has 0 amide bonds. The molecule has 0 aliphatic heterocycles. The predicted octanol–water partition coefficient (Wildman–Crippen LogP) is 2.93. The number of fused-ring (bicyclic) bond motifs is 1. The van der Waals surface area contributed by atoms with E-state index in [0.29, 0.717) is 11.1 Å². The van der Waals surface area contributed by atoms with Gasteiger partial charge in [0.2, 0.25) is 0 Å². The van der Waals surface area contributed by atoms with Crippen LogP contribution in [0.3, 0.4) is 0 Å². The summed E-state index contributed by atoms with van der Waals surface area (Å²) >= 11 is 0. The SMILES string of the molecule is C[Si](C)(C)C#Cc1cc2nc[nH]c2cc1F. The molecule has 2 rings (SSSR count). The largest absolute Gasteiger partial charge is 0.345 e. The number of aromatic amines is 1. The van der Waals surface area contributed by atoms with Crippen molar-refractivity contribution in [1.82, 2.24) is 9.97 Å². The first-order chi connectivity index (χ1) is 7.46. The van der Waals surface area contributed by atoms with Gasteiger partial charge in [0.15, 0.2) is 0 Å². The number of nitrogens with zero attached hydrogens (tertiary/aromatic N) is 1. The Morgan fingerprint density at radius 2 is 2.06 bits per heavy atom. The molecule has 0 radical (unpaired) electrons. The fourth-order valence-electron chi connectivity index (χ4n) is 1.31. The lowest BCUT2D eigenvalue weighted by Gasteiger charge is -2.03. The summed E-state index contributed by atoms with van der Waals surface area (Å²) in [5.41, 5.74) is 5.04. The van der Waals surface area contributed by atoms with Crippen molar-refractivity contribution in [1.29, 1.82) is 0 Å². The summed E-state index contributed by atoms with van der Waals surface area (Å²) in [4.78, 5) is 6.96. The van der Waals surface area contributed by atoms with Crippen molar-refractivity contribution in [2.45, 2.75) is 19.6 Å². The van der Waals surface area contributed by atoms with Crippen LogP contribution in [0.5, 0.6) is 0 Å². The average Bonchev–Trinajstić information content (AvgIpc) is 2.59. The molecule has 0 atom stereocenters. The summed E-state index contributed by atoms with van der Waals surface area (Å²) in [7, 11) is -1.47. The monoisotopic (exact) mass is 232 g/mol. The number of H-pyrrole nitrogens is 1. The van der Waals surface area contributed by atoms with Crippen molar-refractivity contribution >= 4 is 19.1 Å². The van der Waals surface area contributed by atoms with Crippen LogP contribution in [0.25, 0.3) is 11.0 Å². The maximum Gasteiger partial charge on any atom is 0.141 e. The van der Waals surface area contributed by atoms with Gasteiger partial charge in [-0.3, -0.25) is 0 Å². The molecule has 1 aromatic carbocycles. The van der Waals surface area contributed by atoms with Crippen molar-refractivity contribution in [3.8, 4) is 11.5 Å². The van der Waals surface area contributed by atoms with Crippen molar-refractivity contribution in [3.63, 3.8) is 0 Å². The second-order valence-corrected chi connectivity index (χ2v) is 9.50. The third-order valence-electron chi connectivity index (χ3n) is 2.08. The highest BCUT2D eigenvalue weighted by Crippen LogP contribution is 2.15. The lowest BCUT2D eigenvalue weighted by Crippen LogP contribution is -2.16. The minimum atomic E-state index is -1.47. The summed E-state index contributed by atoms with van der Waals surface area (Å²) < 4.78 is 13.6. The molecular formula is C12H13FN2Si. The van der Waals surface area contributed by atoms with Crippen LogP contribution in [0.4, 0.5) is 4.39 Å². The highest BCUT2D eigenvalue weighted by molar-refractivity contribution is 6.83. The van der Waals surface area contributed by atoms with Crippen LogP contribution in [-0.4, -0.2) is 18.0 Å². The molecule has 1 heterocycles. The molecule has 2 aromatic rings. The number of nitrogens with one attached hydrogen (secondary N) is 1. The zero-order chi connectivity index (χ0) is 11.8. The topological polar surface area (TPSA) is 28.7 Å². The molecule has 0 fully saturated rings. The minimum Gasteiger partial charge on any atom is -0.345 e. The van der Waals surface area contributed by atoms with Gasteiger partial charge in [-0.1, -0.05) is 25.6 Å². The Labute approximate surface area is 94.9 Å². The highest BCUT2D eigenvalue weighted by atomic mass is 28.3. The molecule has 0 saturated heterocycles. The van der Waals surface area contributed by atoms with Crippen molar-refractivity contribution < 1.29 is 4.39 Å². The van der Waals surface area contributed by atoms with E-state index < -0.39 is 8.07 Å². The number of imidazole rings is 1. The van der Waals surface area contributed by atoms with E-state index in [-0.39, 0.29) is 5.82 Å². The van der Waals surface area contributed by atoms with E-state index in [4.69, 9.17) is 0 Å². The molecule has 1 aromatic heterocycles. The van der Waals surface area contributed by atoms with E-state index in [0.717, 1.165) is 5.52 Å². The lowest BCUT2D eigenvalue weighted by atomic mass is 10.2. The van der Waals surface area contributed by atoms with Gasteiger partial charge < -0.3 is 4.98 Å². The third-order valence-corrected chi connectivity index (χ3v) is 2.96. The standard InChI is InChI=1S/C12H13FN2Si/c1-16(2,3)5-4-9-6-11-12(7-10(9)13)15-8-14-11/h6-8H,1-3H3,(H,14,15). The Morgan fingerprint density at radius 1 is 1.31 bits per heavy atom. The van der Waals surface area contributed by atoms with Crippen LogP contribution in [-0.2, 0) is 0 Å². The Bertz CT molecular complexity index is 584. The molecule has 16 heavy (non-hydrogen) atoms. The van der Waals surface area contributed by atoms with Gasteiger partial charge >= 0.3 is 0 Å². The van der Waals surface area contributed by atoms with Gasteiger partial charge in [-0.25, -0.2) is 9.37 Å². The predicted molar refractivity (Wildman–Crippen MR) is 66.3 cm³/mol. The summed E-state index contributed by atoms with van der Waals surface area (Å²) in [6, 6.07) is 3.13. The molecule has 82 valence electrons. The second-order valence-electron chi connectivity index (χ2n) is 4.75. The van der Waals surface area contributed by atoms with Gasteiger partial charge in [-0.2, -0.15) is 0 Å². The fraction of sp³-hybridized carbons (Fsp3) is 0.250. The number of hydrogen-bond acceptors (Lipinski definition) is 1. The number of rotatable bonds is 0. The van der Waals surface area contributed by atoms with E-state index in [1.165, 1.54) is 6.07 Å². The number of benzene rings is 1. The zero-order valence-corrected chi connectivity index (χ0v) is 10.6. The van der Waals surface area contributed by atoms with E-state index in [2.05, 4.69) is 41.1 Å². The molecule has 0 aliphatic rings. The maximum absolute atomic E-state index is 13.6. The molecule has 2 nitrogen and oxygen atoms in total. The van der Waals surface area contributed by atoms with Crippen LogP contribution in [0.15, 0.2) is 18.5 Å². The van der Waals surface area contributed by atoms with Crippen LogP contribution in [0.2, 0.25) is 19.6 Å². The summed E-state index contributed by atoms with van der Waals surface area (Å²) in [6.45, 7) is 6.39. The van der Waals surface area contributed by atoms with Crippen molar-refractivity contribution in [2.75, 3.05) is 0 Å². The van der Waals surface area contributed by atoms with Crippen molar-refractivity contribution in [3.05, 3.63) is 29.8 Å². The number of halogens is 1. The molecule has 1 N–H and O–H groups in total. The van der Waals surface area contributed by atoms with Crippen molar-refractivity contribution in [2.24, 2.45) is 0 Å². The van der Waals surface area contributed by atoms with E-state index in [1.807, 2.05) is 0 Å². The van der Waals surface area contributed by atoms with Gasteiger partial charge in [-0.05, 0) is 6.07 Å². The molecule has 4 heteroatoms. The molecule has 0 spiro atoms. The summed E-state index contributed by atoms with van der Waals surface area (Å²) in [5, 5.41) is 0. The van der Waals surface area contributed by atoms with Crippen LogP contribution < -0.4 is 0 Å². The first kappa shape index (κ1) is 10.9. The normalized spacial score (nSPS) is 11.2. The average molecular weight is 232 g/mol. The first-order valence-electron chi connectivity index (χ1n) is 5.11. The molecule has 0 saturated carbocycles. The number of hydrogen-bond donors (Lipinski definition) is 1. The van der Waals surface area contributed by atoms with Gasteiger partial charge in [0.25, 0.3) is 0 Å². The summed E-state index contributed by atoms with van der Waals surface area (Å²) in [6.07, 6.45) is 1.56. The highest BCUT2D eigenvalue weighted by Gasteiger charge is 2.09. The fourth-order valence-corrected chi connectivity index (χ4v) is 1.82. The first-order valence-corrected chi connectivity index (χ1v) is 8.61. The Balaban J connectivity index is 2.50. The van der Waals surface area contributed by atoms with Gasteiger partial charge in [0.05, 0.1) is 22.9 Å². The van der Waals surface area contributed by atoms with E-state index >= 15 is 0 Å². The zero-order valence-electron chi connectivity index (χ0n) is 9.56. The van der Waals surface area contributed by atoms with Gasteiger partial charge in [0.1, 0.15) is 13.9 Å². The third kappa shape index (κ3) is 2.31. The maximum atomic E-state index is 13.6. The van der Waals surface area contributed by atoms with Gasteiger partial charge in [-0.15, -0.1) is 5.54 Å². The molecule has 0 bridgehead atoms. The second kappa shape index (κ2) is 3.76. The Hall–Kier alpha value is -1.60. The van der Waals surface area contributed by atoms with E-state index in [9.17, 15) is 4.39 Å². The quantitative estimate of drug-likeness (QED) is 0.549. The van der Waals surface area contributed by atoms with Crippen LogP contribution in [0, 0.1) is 17.3 Å². The lowest BCUT2D eigenvalue weighted by molar-refractivity contribution is 0.626. The smallest absolute Gasteiger partial charge is 0.141 e. The molecule has 0 aliphatic carbocycles. The van der Waals surface area contributed by atoms with E-state index in [1.54, 1.807) is 12.4 Å². The Morgan fingerprint density at radius 3 is 2.75 bits per heavy atom.